The number of hydrogen-bond donors (Lipinski definition) is 1. The maximum absolute atomic E-state index is 3.47. The quantitative estimate of drug-likeness (QED) is 0.854. The molecule has 0 unspecified atom stereocenters. The topological polar surface area (TPSA) is 15.3 Å². The van der Waals surface area contributed by atoms with Gasteiger partial charge in [-0.15, -0.1) is 0 Å². The molecule has 1 aromatic carbocycles. The Labute approximate surface area is 104 Å². The Kier molecular flexibility index (Phi) is 3.44. The molecule has 1 aliphatic heterocycles. The molecule has 1 aliphatic carbocycles. The summed E-state index contributed by atoms with van der Waals surface area (Å²) < 4.78 is 0. The third-order valence-corrected chi connectivity index (χ3v) is 4.00. The Morgan fingerprint density at radius 3 is 2.24 bits per heavy atom. The Morgan fingerprint density at radius 2 is 1.59 bits per heavy atom. The summed E-state index contributed by atoms with van der Waals surface area (Å²) in [5.74, 6) is 0. The second-order valence-corrected chi connectivity index (χ2v) is 5.37. The minimum atomic E-state index is 0.809. The van der Waals surface area contributed by atoms with E-state index >= 15 is 0 Å². The maximum Gasteiger partial charge on any atom is 0.0239 e. The normalized spacial score (nSPS) is 21.9. The maximum atomic E-state index is 3.47. The molecule has 0 bridgehead atoms. The molecule has 0 radical (unpaired) electrons. The van der Waals surface area contributed by atoms with Gasteiger partial charge in [0.15, 0.2) is 0 Å². The van der Waals surface area contributed by atoms with Crippen molar-refractivity contribution >= 4 is 0 Å². The van der Waals surface area contributed by atoms with E-state index in [1.165, 1.54) is 44.3 Å². The van der Waals surface area contributed by atoms with Crippen LogP contribution in [0.3, 0.4) is 0 Å². The van der Waals surface area contributed by atoms with Gasteiger partial charge in [-0.1, -0.05) is 30.3 Å². The van der Waals surface area contributed by atoms with Gasteiger partial charge in [0.1, 0.15) is 0 Å². The van der Waals surface area contributed by atoms with E-state index in [2.05, 4.69) is 40.5 Å². The molecule has 3 rings (SSSR count). The van der Waals surface area contributed by atoms with Crippen molar-refractivity contribution in [2.45, 2.75) is 44.3 Å². The molecule has 92 valence electrons. The second-order valence-electron chi connectivity index (χ2n) is 5.37. The van der Waals surface area contributed by atoms with Crippen LogP contribution in [0.25, 0.3) is 0 Å². The predicted molar refractivity (Wildman–Crippen MR) is 70.9 cm³/mol. The van der Waals surface area contributed by atoms with Crippen molar-refractivity contribution in [2.24, 2.45) is 0 Å². The number of nitrogens with one attached hydrogen (secondary N) is 1. The van der Waals surface area contributed by atoms with Crippen LogP contribution in [0.15, 0.2) is 30.3 Å². The van der Waals surface area contributed by atoms with Gasteiger partial charge in [-0.3, -0.25) is 4.90 Å². The van der Waals surface area contributed by atoms with Crippen molar-refractivity contribution in [1.29, 1.82) is 0 Å². The zero-order valence-corrected chi connectivity index (χ0v) is 10.4. The number of nitrogens with zero attached hydrogens (tertiary/aromatic N) is 1. The first kappa shape index (κ1) is 11.2. The highest BCUT2D eigenvalue weighted by atomic mass is 15.2. The number of benzene rings is 1. The molecule has 0 amide bonds. The van der Waals surface area contributed by atoms with Crippen LogP contribution in [-0.2, 0) is 6.54 Å². The summed E-state index contributed by atoms with van der Waals surface area (Å²) in [4.78, 5) is 2.76. The van der Waals surface area contributed by atoms with E-state index in [-0.39, 0.29) is 0 Å². The Bertz CT molecular complexity index is 339. The van der Waals surface area contributed by atoms with Crippen LogP contribution in [0, 0.1) is 0 Å². The fraction of sp³-hybridized carbons (Fsp3) is 0.600. The molecule has 0 spiro atoms. The van der Waals surface area contributed by atoms with Crippen LogP contribution in [0.1, 0.15) is 31.2 Å². The Morgan fingerprint density at radius 1 is 0.941 bits per heavy atom. The average Bonchev–Trinajstić information content (AvgIpc) is 3.23. The van der Waals surface area contributed by atoms with E-state index in [4.69, 9.17) is 0 Å². The lowest BCUT2D eigenvalue weighted by molar-refractivity contribution is 0.145. The van der Waals surface area contributed by atoms with E-state index in [0.29, 0.717) is 0 Å². The predicted octanol–water partition coefficient (Wildman–Crippen LogP) is 2.40. The first-order valence-corrected chi connectivity index (χ1v) is 6.94. The zero-order valence-electron chi connectivity index (χ0n) is 10.4. The molecular formula is C15H22N2. The van der Waals surface area contributed by atoms with Crippen molar-refractivity contribution in [3.8, 4) is 0 Å². The van der Waals surface area contributed by atoms with Gasteiger partial charge in [-0.05, 0) is 44.3 Å². The van der Waals surface area contributed by atoms with Gasteiger partial charge in [-0.25, -0.2) is 0 Å². The minimum Gasteiger partial charge on any atom is -0.317 e. The van der Waals surface area contributed by atoms with E-state index in [1.54, 1.807) is 0 Å². The molecule has 1 heterocycles. The SMILES string of the molecule is c1ccc(CN(C2CCNCC2)C2CC2)cc1. The lowest BCUT2D eigenvalue weighted by Gasteiger charge is -2.35. The van der Waals surface area contributed by atoms with Crippen LogP contribution in [-0.4, -0.2) is 30.1 Å². The first-order valence-electron chi connectivity index (χ1n) is 6.94. The lowest BCUT2D eigenvalue weighted by atomic mass is 10.0. The molecule has 0 aromatic heterocycles. The summed E-state index contributed by atoms with van der Waals surface area (Å²) in [7, 11) is 0. The third kappa shape index (κ3) is 2.88. The summed E-state index contributed by atoms with van der Waals surface area (Å²) in [5, 5.41) is 3.47. The van der Waals surface area contributed by atoms with Gasteiger partial charge in [0.05, 0.1) is 0 Å². The molecule has 1 N–H and O–H groups in total. The second kappa shape index (κ2) is 5.19. The zero-order chi connectivity index (χ0) is 11.5. The van der Waals surface area contributed by atoms with Crippen molar-refractivity contribution in [2.75, 3.05) is 13.1 Å². The average molecular weight is 230 g/mol. The highest BCUT2D eigenvalue weighted by molar-refractivity contribution is 5.15. The first-order chi connectivity index (χ1) is 8.43. The number of hydrogen-bond acceptors (Lipinski definition) is 2. The molecule has 1 saturated carbocycles. The molecule has 17 heavy (non-hydrogen) atoms. The third-order valence-electron chi connectivity index (χ3n) is 4.00. The standard InChI is InChI=1S/C15H22N2/c1-2-4-13(5-3-1)12-17(14-6-7-14)15-8-10-16-11-9-15/h1-5,14-16H,6-12H2. The van der Waals surface area contributed by atoms with E-state index in [1.807, 2.05) is 0 Å². The fourth-order valence-electron chi connectivity index (χ4n) is 2.90. The minimum absolute atomic E-state index is 0.809. The monoisotopic (exact) mass is 230 g/mol. The van der Waals surface area contributed by atoms with Crippen molar-refractivity contribution in [1.82, 2.24) is 10.2 Å². The largest absolute Gasteiger partial charge is 0.317 e. The summed E-state index contributed by atoms with van der Waals surface area (Å²) in [6, 6.07) is 12.6. The van der Waals surface area contributed by atoms with Crippen molar-refractivity contribution in [3.05, 3.63) is 35.9 Å². The molecule has 2 fully saturated rings. The Balaban J connectivity index is 1.67. The number of rotatable bonds is 4. The molecular weight excluding hydrogens is 208 g/mol. The number of piperidine rings is 1. The molecule has 1 aromatic rings. The van der Waals surface area contributed by atoms with Gasteiger partial charge in [0.2, 0.25) is 0 Å². The van der Waals surface area contributed by atoms with Gasteiger partial charge in [-0.2, -0.15) is 0 Å². The van der Waals surface area contributed by atoms with Crippen LogP contribution in [0.5, 0.6) is 0 Å². The van der Waals surface area contributed by atoms with Crippen molar-refractivity contribution < 1.29 is 0 Å². The Hall–Kier alpha value is -0.860. The molecule has 1 saturated heterocycles. The van der Waals surface area contributed by atoms with Crippen molar-refractivity contribution in [3.63, 3.8) is 0 Å². The van der Waals surface area contributed by atoms with Gasteiger partial charge in [0.25, 0.3) is 0 Å². The van der Waals surface area contributed by atoms with E-state index in [0.717, 1.165) is 18.6 Å². The lowest BCUT2D eigenvalue weighted by Crippen LogP contribution is -2.43. The summed E-state index contributed by atoms with van der Waals surface area (Å²) in [6.07, 6.45) is 5.47. The summed E-state index contributed by atoms with van der Waals surface area (Å²) in [6.45, 7) is 3.54. The van der Waals surface area contributed by atoms with Crippen LogP contribution < -0.4 is 5.32 Å². The van der Waals surface area contributed by atoms with Crippen LogP contribution in [0.2, 0.25) is 0 Å². The van der Waals surface area contributed by atoms with E-state index in [9.17, 15) is 0 Å². The molecule has 0 atom stereocenters. The highest BCUT2D eigenvalue weighted by Gasteiger charge is 2.34. The highest BCUT2D eigenvalue weighted by Crippen LogP contribution is 2.32. The fourth-order valence-corrected chi connectivity index (χ4v) is 2.90. The van der Waals surface area contributed by atoms with Gasteiger partial charge < -0.3 is 5.32 Å². The summed E-state index contributed by atoms with van der Waals surface area (Å²) in [5.41, 5.74) is 1.47. The van der Waals surface area contributed by atoms with Gasteiger partial charge in [0, 0.05) is 18.6 Å². The molecule has 2 nitrogen and oxygen atoms in total. The van der Waals surface area contributed by atoms with Crippen LogP contribution >= 0.6 is 0 Å². The van der Waals surface area contributed by atoms with Crippen LogP contribution in [0.4, 0.5) is 0 Å². The molecule has 2 heteroatoms. The van der Waals surface area contributed by atoms with Gasteiger partial charge >= 0.3 is 0 Å². The smallest absolute Gasteiger partial charge is 0.0239 e. The molecule has 2 aliphatic rings. The summed E-state index contributed by atoms with van der Waals surface area (Å²) >= 11 is 0. The van der Waals surface area contributed by atoms with E-state index < -0.39 is 0 Å².